The number of carbonyl (C=O) groups is 3. The molecule has 2 aliphatic heterocycles. The molecule has 0 bridgehead atoms. The van der Waals surface area contributed by atoms with Gasteiger partial charge in [0.1, 0.15) is 11.1 Å². The summed E-state index contributed by atoms with van der Waals surface area (Å²) in [7, 11) is 0. The van der Waals surface area contributed by atoms with Crippen molar-refractivity contribution in [2.75, 3.05) is 0 Å². The van der Waals surface area contributed by atoms with Crippen molar-refractivity contribution in [1.82, 2.24) is 0 Å². The summed E-state index contributed by atoms with van der Waals surface area (Å²) in [5.74, 6) is -6.40. The average Bonchev–Trinajstić information content (AvgIpc) is 2.22. The van der Waals surface area contributed by atoms with E-state index < -0.39 is 46.6 Å². The van der Waals surface area contributed by atoms with Gasteiger partial charge in [0.2, 0.25) is 0 Å². The largest absolute Gasteiger partial charge is 0.480 e. The summed E-state index contributed by atoms with van der Waals surface area (Å²) < 4.78 is 19.6. The molecule has 0 aromatic heterocycles. The molecule has 0 spiro atoms. The van der Waals surface area contributed by atoms with E-state index in [-0.39, 0.29) is 0 Å². The van der Waals surface area contributed by atoms with Gasteiger partial charge in [-0.2, -0.15) is 0 Å². The maximum atomic E-state index is 11.8. The molecule has 21 heavy (non-hydrogen) atoms. The zero-order valence-corrected chi connectivity index (χ0v) is 11.9. The average molecular weight is 298 g/mol. The van der Waals surface area contributed by atoms with Crippen LogP contribution < -0.4 is 0 Å². The fourth-order valence-corrected chi connectivity index (χ4v) is 1.72. The molecule has 2 heterocycles. The molecular formula is C13H14O8. The van der Waals surface area contributed by atoms with Gasteiger partial charge < -0.3 is 24.1 Å². The van der Waals surface area contributed by atoms with Crippen LogP contribution in [0, 0.1) is 0 Å². The summed E-state index contributed by atoms with van der Waals surface area (Å²) in [6.07, 6.45) is 0.812. The van der Waals surface area contributed by atoms with Crippen LogP contribution in [-0.2, 0) is 33.3 Å². The quantitative estimate of drug-likeness (QED) is 0.431. The Bertz CT molecular complexity index is 571. The van der Waals surface area contributed by atoms with Gasteiger partial charge in [0.15, 0.2) is 0 Å². The summed E-state index contributed by atoms with van der Waals surface area (Å²) >= 11 is 0. The molecule has 0 amide bonds. The molecule has 0 saturated carbocycles. The van der Waals surface area contributed by atoms with Crippen LogP contribution in [0.2, 0.25) is 0 Å². The third-order valence-corrected chi connectivity index (χ3v) is 2.54. The molecule has 114 valence electrons. The van der Waals surface area contributed by atoms with Crippen molar-refractivity contribution >= 4 is 17.9 Å². The molecule has 0 atom stereocenters. The molecule has 0 aliphatic carbocycles. The smallest absolute Gasteiger partial charge is 0.348 e. The summed E-state index contributed by atoms with van der Waals surface area (Å²) in [6.45, 7) is 5.60. The lowest BCUT2D eigenvalue weighted by molar-refractivity contribution is -0.222. The Labute approximate surface area is 119 Å². The van der Waals surface area contributed by atoms with E-state index in [0.29, 0.717) is 0 Å². The highest BCUT2D eigenvalue weighted by molar-refractivity contribution is 6.16. The fourth-order valence-electron chi connectivity index (χ4n) is 1.72. The maximum Gasteiger partial charge on any atom is 0.348 e. The lowest BCUT2D eigenvalue weighted by Crippen LogP contribution is -2.42. The van der Waals surface area contributed by atoms with E-state index in [1.54, 1.807) is 0 Å². The van der Waals surface area contributed by atoms with E-state index in [9.17, 15) is 19.5 Å². The topological polar surface area (TPSA) is 108 Å². The SMILES string of the molecule is CC1(C)OC(=O)C(=CC2=C(O)OC(C)(C)OC2=O)C(=O)O1. The van der Waals surface area contributed by atoms with Crippen molar-refractivity contribution in [3.63, 3.8) is 0 Å². The Morgan fingerprint density at radius 1 is 0.810 bits per heavy atom. The molecule has 2 rings (SSSR count). The van der Waals surface area contributed by atoms with Crippen molar-refractivity contribution in [3.8, 4) is 0 Å². The molecule has 8 heteroatoms. The zero-order valence-electron chi connectivity index (χ0n) is 11.9. The second-order valence-electron chi connectivity index (χ2n) is 5.35. The summed E-state index contributed by atoms with van der Waals surface area (Å²) in [4.78, 5) is 35.3. The van der Waals surface area contributed by atoms with Gasteiger partial charge in [-0.05, 0) is 6.08 Å². The van der Waals surface area contributed by atoms with Crippen molar-refractivity contribution in [1.29, 1.82) is 0 Å². The van der Waals surface area contributed by atoms with E-state index >= 15 is 0 Å². The molecule has 0 aromatic rings. The minimum Gasteiger partial charge on any atom is -0.480 e. The molecule has 8 nitrogen and oxygen atoms in total. The Balaban J connectivity index is 2.38. The van der Waals surface area contributed by atoms with Crippen LogP contribution in [-0.4, -0.2) is 34.6 Å². The molecule has 0 unspecified atom stereocenters. The molecular weight excluding hydrogens is 284 g/mol. The van der Waals surface area contributed by atoms with E-state index in [4.69, 9.17) is 18.9 Å². The normalized spacial score (nSPS) is 23.8. The Hall–Kier alpha value is -2.51. The predicted octanol–water partition coefficient (Wildman–Crippen LogP) is 0.828. The molecule has 1 fully saturated rings. The molecule has 2 aliphatic rings. The van der Waals surface area contributed by atoms with E-state index in [1.807, 2.05) is 0 Å². The summed E-state index contributed by atoms with van der Waals surface area (Å²) in [6, 6.07) is 0. The van der Waals surface area contributed by atoms with Gasteiger partial charge in [-0.3, -0.25) is 0 Å². The van der Waals surface area contributed by atoms with Gasteiger partial charge in [-0.25, -0.2) is 14.4 Å². The van der Waals surface area contributed by atoms with Crippen LogP contribution in [0.25, 0.3) is 0 Å². The van der Waals surface area contributed by atoms with Crippen LogP contribution in [0.1, 0.15) is 27.7 Å². The predicted molar refractivity (Wildman–Crippen MR) is 65.3 cm³/mol. The van der Waals surface area contributed by atoms with Crippen LogP contribution in [0.3, 0.4) is 0 Å². The van der Waals surface area contributed by atoms with Crippen molar-refractivity contribution in [2.24, 2.45) is 0 Å². The fraction of sp³-hybridized carbons (Fsp3) is 0.462. The molecule has 1 N–H and O–H groups in total. The molecule has 0 aromatic carbocycles. The molecule has 1 saturated heterocycles. The number of carbonyl (C=O) groups excluding carboxylic acids is 3. The second kappa shape index (κ2) is 4.51. The summed E-state index contributed by atoms with van der Waals surface area (Å²) in [5.41, 5.74) is -1.02. The number of rotatable bonds is 1. The third kappa shape index (κ3) is 2.99. The first kappa shape index (κ1) is 14.9. The Morgan fingerprint density at radius 3 is 1.71 bits per heavy atom. The van der Waals surface area contributed by atoms with Gasteiger partial charge in [0.05, 0.1) is 0 Å². The first-order valence-corrected chi connectivity index (χ1v) is 6.05. The van der Waals surface area contributed by atoms with E-state index in [2.05, 4.69) is 0 Å². The van der Waals surface area contributed by atoms with Crippen molar-refractivity contribution in [3.05, 3.63) is 23.2 Å². The number of hydrogen-bond acceptors (Lipinski definition) is 8. The van der Waals surface area contributed by atoms with Gasteiger partial charge >= 0.3 is 17.9 Å². The first-order valence-electron chi connectivity index (χ1n) is 6.05. The number of hydrogen-bond donors (Lipinski definition) is 1. The minimum absolute atomic E-state index is 0.474. The number of ether oxygens (including phenoxy) is 4. The third-order valence-electron chi connectivity index (χ3n) is 2.54. The van der Waals surface area contributed by atoms with Crippen molar-refractivity contribution < 1.29 is 38.4 Å². The number of aliphatic hydroxyl groups excluding tert-OH is 1. The Morgan fingerprint density at radius 2 is 1.24 bits per heavy atom. The van der Waals surface area contributed by atoms with Crippen molar-refractivity contribution in [2.45, 2.75) is 39.3 Å². The lowest BCUT2D eigenvalue weighted by atomic mass is 10.1. The lowest BCUT2D eigenvalue weighted by Gasteiger charge is -2.31. The van der Waals surface area contributed by atoms with Gasteiger partial charge in [0, 0.05) is 27.7 Å². The zero-order chi connectivity index (χ0) is 16.0. The maximum absolute atomic E-state index is 11.8. The van der Waals surface area contributed by atoms with E-state index in [1.165, 1.54) is 27.7 Å². The van der Waals surface area contributed by atoms with Crippen LogP contribution in [0.5, 0.6) is 0 Å². The number of esters is 3. The second-order valence-corrected chi connectivity index (χ2v) is 5.35. The highest BCUT2D eigenvalue weighted by atomic mass is 16.8. The van der Waals surface area contributed by atoms with Gasteiger partial charge in [0.25, 0.3) is 17.5 Å². The number of cyclic esters (lactones) is 3. The van der Waals surface area contributed by atoms with Gasteiger partial charge in [-0.15, -0.1) is 0 Å². The van der Waals surface area contributed by atoms with Crippen LogP contribution >= 0.6 is 0 Å². The van der Waals surface area contributed by atoms with E-state index in [0.717, 1.165) is 6.08 Å². The first-order chi connectivity index (χ1) is 9.51. The molecule has 0 radical (unpaired) electrons. The van der Waals surface area contributed by atoms with Crippen LogP contribution in [0.4, 0.5) is 0 Å². The summed E-state index contributed by atoms with van der Waals surface area (Å²) in [5, 5.41) is 9.69. The highest BCUT2D eigenvalue weighted by Crippen LogP contribution is 2.28. The Kier molecular flexibility index (Phi) is 3.19. The van der Waals surface area contributed by atoms with Gasteiger partial charge in [-0.1, -0.05) is 0 Å². The van der Waals surface area contributed by atoms with Crippen LogP contribution in [0.15, 0.2) is 23.2 Å². The highest BCUT2D eigenvalue weighted by Gasteiger charge is 2.41. The number of aliphatic hydroxyl groups is 1. The monoisotopic (exact) mass is 298 g/mol. The standard InChI is InChI=1S/C13H14O8/c1-12(2)18-8(14)6(9(15)19-12)5-7-10(16)20-13(3,4)21-11(7)17/h5,14H,1-4H3. The minimum atomic E-state index is -1.40.